The van der Waals surface area contributed by atoms with Crippen molar-refractivity contribution < 1.29 is 14.7 Å². The second-order valence-corrected chi connectivity index (χ2v) is 11.0. The second kappa shape index (κ2) is 9.60. The number of hydrogen-bond donors (Lipinski definition) is 2. The summed E-state index contributed by atoms with van der Waals surface area (Å²) in [5, 5.41) is 17.5. The average molecular weight is 506 g/mol. The first kappa shape index (κ1) is 24.2. The van der Waals surface area contributed by atoms with Gasteiger partial charge in [-0.15, -0.1) is 0 Å². The number of amides is 1. The Morgan fingerprint density at radius 1 is 1.11 bits per heavy atom. The van der Waals surface area contributed by atoms with Crippen LogP contribution in [0.15, 0.2) is 79.0 Å². The lowest BCUT2D eigenvalue weighted by molar-refractivity contribution is -0.131. The molecular weight excluding hydrogens is 474 g/mol. The molecule has 2 N–H and O–H groups in total. The lowest BCUT2D eigenvalue weighted by Gasteiger charge is -2.34. The van der Waals surface area contributed by atoms with E-state index < -0.39 is 5.97 Å². The molecule has 0 aliphatic heterocycles. The van der Waals surface area contributed by atoms with E-state index in [9.17, 15) is 9.59 Å². The number of fused-ring (bicyclic) bond motifs is 3. The van der Waals surface area contributed by atoms with Gasteiger partial charge in [-0.25, -0.2) is 4.79 Å². The number of carbonyl (C=O) groups excluding carboxylic acids is 1. The molecule has 2 aliphatic rings. The van der Waals surface area contributed by atoms with Crippen molar-refractivity contribution in [3.63, 3.8) is 0 Å². The van der Waals surface area contributed by atoms with Crippen LogP contribution in [-0.4, -0.2) is 26.8 Å². The molecule has 1 aromatic heterocycles. The normalized spacial score (nSPS) is 22.3. The minimum absolute atomic E-state index is 0.00823. The predicted molar refractivity (Wildman–Crippen MR) is 149 cm³/mol. The van der Waals surface area contributed by atoms with Gasteiger partial charge in [-0.05, 0) is 96.0 Å². The van der Waals surface area contributed by atoms with Crippen molar-refractivity contribution in [3.05, 3.63) is 90.1 Å². The summed E-state index contributed by atoms with van der Waals surface area (Å²) >= 11 is 0. The predicted octanol–water partition coefficient (Wildman–Crippen LogP) is 6.33. The van der Waals surface area contributed by atoms with Crippen LogP contribution >= 0.6 is 0 Å². The van der Waals surface area contributed by atoms with Gasteiger partial charge in [-0.2, -0.15) is 5.10 Å². The fourth-order valence-corrected chi connectivity index (χ4v) is 6.72. The van der Waals surface area contributed by atoms with E-state index in [-0.39, 0.29) is 17.2 Å². The highest BCUT2D eigenvalue weighted by molar-refractivity contribution is 5.94. The van der Waals surface area contributed by atoms with Crippen LogP contribution in [0.2, 0.25) is 0 Å². The van der Waals surface area contributed by atoms with E-state index in [4.69, 9.17) is 5.11 Å². The van der Waals surface area contributed by atoms with Crippen molar-refractivity contribution in [2.24, 2.45) is 24.3 Å². The first-order valence-corrected chi connectivity index (χ1v) is 13.2. The summed E-state index contributed by atoms with van der Waals surface area (Å²) in [6, 6.07) is 22.6. The van der Waals surface area contributed by atoms with Gasteiger partial charge >= 0.3 is 5.97 Å². The zero-order valence-electron chi connectivity index (χ0n) is 21.4. The third-order valence-corrected chi connectivity index (χ3v) is 8.53. The molecule has 6 rings (SSSR count). The number of carbonyl (C=O) groups is 2. The van der Waals surface area contributed by atoms with Gasteiger partial charge in [-0.1, -0.05) is 42.5 Å². The molecular formula is C32H31N3O3. The molecule has 0 radical (unpaired) electrons. The molecule has 192 valence electrons. The summed E-state index contributed by atoms with van der Waals surface area (Å²) in [5.41, 5.74) is 6.19. The van der Waals surface area contributed by atoms with Crippen molar-refractivity contribution in [1.29, 1.82) is 0 Å². The van der Waals surface area contributed by atoms with Gasteiger partial charge in [0.05, 0.1) is 11.7 Å². The third-order valence-electron chi connectivity index (χ3n) is 8.53. The number of nitrogens with one attached hydrogen (secondary N) is 1. The number of rotatable bonds is 7. The van der Waals surface area contributed by atoms with E-state index in [1.807, 2.05) is 42.2 Å². The Balaban J connectivity index is 1.18. The van der Waals surface area contributed by atoms with Crippen LogP contribution in [-0.2, 0) is 23.1 Å². The van der Waals surface area contributed by atoms with Crippen LogP contribution in [0.5, 0.6) is 0 Å². The molecule has 0 unspecified atom stereocenters. The second-order valence-electron chi connectivity index (χ2n) is 11.0. The van der Waals surface area contributed by atoms with Crippen LogP contribution < -0.4 is 5.32 Å². The van der Waals surface area contributed by atoms with Gasteiger partial charge in [0, 0.05) is 30.1 Å². The zero-order valence-corrected chi connectivity index (χ0v) is 21.4. The quantitative estimate of drug-likeness (QED) is 0.288. The molecule has 2 aliphatic carbocycles. The summed E-state index contributed by atoms with van der Waals surface area (Å²) < 4.78 is 1.89. The standard InChI is InChI=1S/C32H31N3O3/c1-35-29-11-10-25(17-26(29)20-33-35)24-8-5-22(6-9-24)18-32-14-13-23(19-32)16-28(32)31(38)34-27-4-2-3-21(15-27)7-12-30(36)37/h2-12,15,17,20,23,28H,13-14,16,18-19H2,1H3,(H,34,38)(H,36,37)/b12-7+/t23-,28+,32-/m0/s1. The Labute approximate surface area is 222 Å². The molecule has 6 heteroatoms. The van der Waals surface area contributed by atoms with Gasteiger partial charge in [0.25, 0.3) is 0 Å². The number of hydrogen-bond acceptors (Lipinski definition) is 3. The van der Waals surface area contributed by atoms with E-state index in [1.165, 1.54) is 29.2 Å². The molecule has 1 heterocycles. The van der Waals surface area contributed by atoms with Crippen LogP contribution in [0.25, 0.3) is 28.1 Å². The van der Waals surface area contributed by atoms with E-state index in [0.29, 0.717) is 11.6 Å². The van der Waals surface area contributed by atoms with Crippen LogP contribution in [0, 0.1) is 17.3 Å². The van der Waals surface area contributed by atoms with E-state index in [0.717, 1.165) is 48.2 Å². The highest BCUT2D eigenvalue weighted by Crippen LogP contribution is 2.59. The van der Waals surface area contributed by atoms with Crippen LogP contribution in [0.4, 0.5) is 5.69 Å². The molecule has 6 nitrogen and oxygen atoms in total. The number of benzene rings is 3. The van der Waals surface area contributed by atoms with Crippen molar-refractivity contribution in [2.75, 3.05) is 5.32 Å². The van der Waals surface area contributed by atoms with Crippen molar-refractivity contribution in [1.82, 2.24) is 9.78 Å². The fraction of sp³-hybridized carbons (Fsp3) is 0.281. The molecule has 1 amide bonds. The summed E-state index contributed by atoms with van der Waals surface area (Å²) in [6.07, 6.45) is 9.77. The maximum absolute atomic E-state index is 13.5. The number of anilines is 1. The molecule has 2 fully saturated rings. The Hall–Kier alpha value is -4.19. The summed E-state index contributed by atoms with van der Waals surface area (Å²) in [4.78, 5) is 24.3. The minimum Gasteiger partial charge on any atom is -0.478 e. The largest absolute Gasteiger partial charge is 0.478 e. The monoisotopic (exact) mass is 505 g/mol. The van der Waals surface area contributed by atoms with E-state index >= 15 is 0 Å². The molecule has 0 saturated heterocycles. The number of nitrogens with zero attached hydrogens (tertiary/aromatic N) is 2. The Morgan fingerprint density at radius 2 is 1.92 bits per heavy atom. The summed E-state index contributed by atoms with van der Waals surface area (Å²) in [7, 11) is 1.96. The summed E-state index contributed by atoms with van der Waals surface area (Å²) in [5.74, 6) is -0.327. The van der Waals surface area contributed by atoms with Gasteiger partial charge in [0.1, 0.15) is 0 Å². The Bertz CT molecular complexity index is 1550. The number of aliphatic carboxylic acids is 1. The van der Waals surface area contributed by atoms with Crippen LogP contribution in [0.3, 0.4) is 0 Å². The van der Waals surface area contributed by atoms with E-state index in [2.05, 4.69) is 52.9 Å². The fourth-order valence-electron chi connectivity index (χ4n) is 6.72. The molecule has 2 saturated carbocycles. The average Bonchev–Trinajstić information content (AvgIpc) is 3.61. The topological polar surface area (TPSA) is 84.2 Å². The SMILES string of the molecule is Cn1ncc2cc(-c3ccc(C[C@]45CC[C@@H](C[C@@H]4C(=O)Nc4cccc(/C=C/C(=O)O)c4)C5)cc3)ccc21. The Morgan fingerprint density at radius 3 is 2.71 bits per heavy atom. The number of carboxylic acid groups (broad SMARTS) is 1. The zero-order chi connectivity index (χ0) is 26.3. The molecule has 2 bridgehead atoms. The minimum atomic E-state index is -0.994. The molecule has 3 atom stereocenters. The molecule has 0 spiro atoms. The van der Waals surface area contributed by atoms with Gasteiger partial charge in [-0.3, -0.25) is 9.48 Å². The molecule has 4 aromatic rings. The van der Waals surface area contributed by atoms with Gasteiger partial charge < -0.3 is 10.4 Å². The van der Waals surface area contributed by atoms with Crippen LogP contribution in [0.1, 0.15) is 36.8 Å². The lowest BCUT2D eigenvalue weighted by atomic mass is 9.70. The number of aromatic nitrogens is 2. The van der Waals surface area contributed by atoms with Crippen molar-refractivity contribution in [3.8, 4) is 11.1 Å². The first-order valence-electron chi connectivity index (χ1n) is 13.2. The highest BCUT2D eigenvalue weighted by Gasteiger charge is 2.54. The van der Waals surface area contributed by atoms with Crippen molar-refractivity contribution in [2.45, 2.75) is 32.1 Å². The summed E-state index contributed by atoms with van der Waals surface area (Å²) in [6.45, 7) is 0. The lowest BCUT2D eigenvalue weighted by Crippen LogP contribution is -2.37. The highest BCUT2D eigenvalue weighted by atomic mass is 16.4. The maximum atomic E-state index is 13.5. The van der Waals surface area contributed by atoms with Gasteiger partial charge in [0.2, 0.25) is 5.91 Å². The van der Waals surface area contributed by atoms with Gasteiger partial charge in [0.15, 0.2) is 0 Å². The maximum Gasteiger partial charge on any atom is 0.328 e. The molecule has 38 heavy (non-hydrogen) atoms. The molecule has 3 aromatic carbocycles. The third kappa shape index (κ3) is 4.62. The number of aryl methyl sites for hydroxylation is 1. The van der Waals surface area contributed by atoms with E-state index in [1.54, 1.807) is 0 Å². The number of carboxylic acids is 1. The van der Waals surface area contributed by atoms with Crippen molar-refractivity contribution >= 4 is 34.5 Å². The Kier molecular flexibility index (Phi) is 6.10. The first-order chi connectivity index (χ1) is 18.4. The smallest absolute Gasteiger partial charge is 0.328 e.